The monoisotopic (exact) mass is 397 g/mol. The highest BCUT2D eigenvalue weighted by atomic mass is 16.5. The lowest BCUT2D eigenvalue weighted by Gasteiger charge is -2.38. The maximum atomic E-state index is 12.9. The van der Waals surface area contributed by atoms with Crippen LogP contribution in [-0.4, -0.2) is 60.1 Å². The van der Waals surface area contributed by atoms with Crippen molar-refractivity contribution in [3.8, 4) is 5.88 Å². The normalized spacial score (nSPS) is 16.9. The molecule has 2 unspecified atom stereocenters. The van der Waals surface area contributed by atoms with Crippen molar-refractivity contribution >= 4 is 11.7 Å². The molecule has 1 fully saturated rings. The van der Waals surface area contributed by atoms with Gasteiger partial charge < -0.3 is 15.0 Å². The Morgan fingerprint density at radius 2 is 1.90 bits per heavy atom. The number of aromatic nitrogens is 2. The molecule has 1 saturated heterocycles. The third kappa shape index (κ3) is 5.44. The minimum absolute atomic E-state index is 0.0597. The van der Waals surface area contributed by atoms with Gasteiger partial charge in [-0.15, -0.1) is 0 Å². The van der Waals surface area contributed by atoms with Crippen molar-refractivity contribution in [2.45, 2.75) is 38.8 Å². The molecule has 0 aliphatic carbocycles. The van der Waals surface area contributed by atoms with Crippen LogP contribution in [0.3, 0.4) is 0 Å². The Bertz CT molecular complexity index is 778. The number of nitrogens with zero attached hydrogens (tertiary/aromatic N) is 4. The third-order valence-corrected chi connectivity index (χ3v) is 5.47. The summed E-state index contributed by atoms with van der Waals surface area (Å²) in [5.74, 6) is 1.41. The molecule has 29 heavy (non-hydrogen) atoms. The van der Waals surface area contributed by atoms with Crippen molar-refractivity contribution in [2.75, 3.05) is 38.2 Å². The van der Waals surface area contributed by atoms with E-state index in [-0.39, 0.29) is 18.0 Å². The van der Waals surface area contributed by atoms with E-state index in [1.165, 1.54) is 0 Å². The Hall–Kier alpha value is -2.67. The summed E-state index contributed by atoms with van der Waals surface area (Å²) in [5.41, 5.74) is 1.16. The van der Waals surface area contributed by atoms with Gasteiger partial charge in [0, 0.05) is 26.2 Å². The largest absolute Gasteiger partial charge is 0.480 e. The number of ether oxygens (including phenoxy) is 1. The Labute approximate surface area is 173 Å². The number of nitrogens with one attached hydrogen (secondary N) is 1. The highest BCUT2D eigenvalue weighted by molar-refractivity contribution is 5.81. The van der Waals surface area contributed by atoms with E-state index in [1.807, 2.05) is 25.1 Å². The first-order chi connectivity index (χ1) is 14.1. The molecule has 0 spiro atoms. The number of carbonyl (C=O) groups is 1. The van der Waals surface area contributed by atoms with Crippen LogP contribution in [0.4, 0.5) is 5.82 Å². The molecule has 1 aliphatic heterocycles. The minimum atomic E-state index is -0.170. The van der Waals surface area contributed by atoms with Crippen LogP contribution in [0.5, 0.6) is 5.88 Å². The first-order valence-electron chi connectivity index (χ1n) is 10.3. The number of carbonyl (C=O) groups excluding carboxylic acids is 1. The second-order valence-corrected chi connectivity index (χ2v) is 7.38. The number of rotatable bonds is 8. The van der Waals surface area contributed by atoms with Gasteiger partial charge in [0.25, 0.3) is 0 Å². The quantitative estimate of drug-likeness (QED) is 0.738. The molecule has 1 aromatic carbocycles. The van der Waals surface area contributed by atoms with Gasteiger partial charge in [-0.2, -0.15) is 4.98 Å². The molecular weight excluding hydrogens is 366 g/mol. The van der Waals surface area contributed by atoms with E-state index in [0.29, 0.717) is 5.88 Å². The van der Waals surface area contributed by atoms with Gasteiger partial charge in [0.05, 0.1) is 31.6 Å². The molecular formula is C22H31N5O2. The molecule has 3 rings (SSSR count). The molecule has 7 nitrogen and oxygen atoms in total. The van der Waals surface area contributed by atoms with E-state index in [2.05, 4.69) is 44.1 Å². The van der Waals surface area contributed by atoms with Crippen LogP contribution >= 0.6 is 0 Å². The topological polar surface area (TPSA) is 70.6 Å². The third-order valence-electron chi connectivity index (χ3n) is 5.47. The fourth-order valence-corrected chi connectivity index (χ4v) is 3.68. The van der Waals surface area contributed by atoms with E-state index in [4.69, 9.17) is 4.74 Å². The molecule has 0 bridgehead atoms. The van der Waals surface area contributed by atoms with Crippen LogP contribution < -0.4 is 15.0 Å². The average molecular weight is 398 g/mol. The summed E-state index contributed by atoms with van der Waals surface area (Å²) in [6, 6.07) is 10.1. The molecule has 2 atom stereocenters. The van der Waals surface area contributed by atoms with Gasteiger partial charge in [-0.05, 0) is 18.9 Å². The summed E-state index contributed by atoms with van der Waals surface area (Å²) in [4.78, 5) is 26.0. The minimum Gasteiger partial charge on any atom is -0.480 e. The molecule has 0 radical (unpaired) electrons. The van der Waals surface area contributed by atoms with E-state index >= 15 is 0 Å². The Kier molecular flexibility index (Phi) is 7.41. The zero-order valence-electron chi connectivity index (χ0n) is 17.5. The average Bonchev–Trinajstić information content (AvgIpc) is 2.79. The molecule has 2 aromatic rings. The van der Waals surface area contributed by atoms with Crippen molar-refractivity contribution in [2.24, 2.45) is 0 Å². The van der Waals surface area contributed by atoms with Gasteiger partial charge >= 0.3 is 0 Å². The number of methoxy groups -OCH3 is 1. The van der Waals surface area contributed by atoms with Gasteiger partial charge in [0.2, 0.25) is 11.8 Å². The molecule has 0 saturated carbocycles. The Balaban J connectivity index is 1.56. The summed E-state index contributed by atoms with van der Waals surface area (Å²) in [5, 5.41) is 3.26. The lowest BCUT2D eigenvalue weighted by molar-refractivity contribution is -0.126. The van der Waals surface area contributed by atoms with E-state index in [0.717, 1.165) is 50.4 Å². The van der Waals surface area contributed by atoms with Crippen LogP contribution in [0.2, 0.25) is 0 Å². The fraction of sp³-hybridized carbons (Fsp3) is 0.500. The molecule has 1 aliphatic rings. The number of hydrogen-bond acceptors (Lipinski definition) is 6. The summed E-state index contributed by atoms with van der Waals surface area (Å²) < 4.78 is 5.17. The maximum absolute atomic E-state index is 12.9. The second kappa shape index (κ2) is 10.2. The smallest absolute Gasteiger partial charge is 0.237 e. The van der Waals surface area contributed by atoms with Crippen molar-refractivity contribution in [3.63, 3.8) is 0 Å². The van der Waals surface area contributed by atoms with Crippen molar-refractivity contribution in [1.82, 2.24) is 20.2 Å². The number of anilines is 1. The zero-order valence-corrected chi connectivity index (χ0v) is 17.5. The Morgan fingerprint density at radius 3 is 2.55 bits per heavy atom. The van der Waals surface area contributed by atoms with Gasteiger partial charge in [-0.3, -0.25) is 14.7 Å². The van der Waals surface area contributed by atoms with Crippen LogP contribution in [0, 0.1) is 0 Å². The number of benzene rings is 1. The molecule has 2 heterocycles. The second-order valence-electron chi connectivity index (χ2n) is 7.38. The van der Waals surface area contributed by atoms with Gasteiger partial charge in [-0.25, -0.2) is 0 Å². The predicted octanol–water partition coefficient (Wildman–Crippen LogP) is 2.65. The van der Waals surface area contributed by atoms with E-state index in [9.17, 15) is 4.79 Å². The van der Waals surface area contributed by atoms with Crippen molar-refractivity contribution in [1.29, 1.82) is 0 Å². The standard InChI is InChI=1S/C22H31N5O2/c1-4-8-19(18-9-6-5-7-10-18)24-22(28)17(2)26-11-13-27(14-12-26)20-15-23-16-21(25-20)29-3/h5-7,9-10,15-17,19H,4,8,11-14H2,1-3H3,(H,24,28). The van der Waals surface area contributed by atoms with Crippen LogP contribution in [0.1, 0.15) is 38.3 Å². The van der Waals surface area contributed by atoms with Crippen LogP contribution in [0.15, 0.2) is 42.7 Å². The fourth-order valence-electron chi connectivity index (χ4n) is 3.68. The summed E-state index contributed by atoms with van der Waals surface area (Å²) in [6.45, 7) is 7.35. The first-order valence-corrected chi connectivity index (χ1v) is 10.3. The van der Waals surface area contributed by atoms with Crippen LogP contribution in [-0.2, 0) is 4.79 Å². The summed E-state index contributed by atoms with van der Waals surface area (Å²) in [6.07, 6.45) is 5.31. The molecule has 156 valence electrons. The number of hydrogen-bond donors (Lipinski definition) is 1. The molecule has 1 N–H and O–H groups in total. The van der Waals surface area contributed by atoms with Crippen molar-refractivity contribution < 1.29 is 9.53 Å². The Morgan fingerprint density at radius 1 is 1.17 bits per heavy atom. The van der Waals surface area contributed by atoms with Crippen LogP contribution in [0.25, 0.3) is 0 Å². The zero-order chi connectivity index (χ0) is 20.6. The van der Waals surface area contributed by atoms with Gasteiger partial charge in [0.15, 0.2) is 5.82 Å². The van der Waals surface area contributed by atoms with Crippen molar-refractivity contribution in [3.05, 3.63) is 48.3 Å². The lowest BCUT2D eigenvalue weighted by Crippen LogP contribution is -2.54. The number of piperazine rings is 1. The maximum Gasteiger partial charge on any atom is 0.237 e. The first kappa shape index (κ1) is 21.0. The van der Waals surface area contributed by atoms with Gasteiger partial charge in [-0.1, -0.05) is 43.7 Å². The summed E-state index contributed by atoms with van der Waals surface area (Å²) in [7, 11) is 1.59. The lowest BCUT2D eigenvalue weighted by atomic mass is 10.0. The molecule has 7 heteroatoms. The summed E-state index contributed by atoms with van der Waals surface area (Å²) >= 11 is 0. The van der Waals surface area contributed by atoms with E-state index < -0.39 is 0 Å². The molecule has 1 aromatic heterocycles. The van der Waals surface area contributed by atoms with Gasteiger partial charge in [0.1, 0.15) is 0 Å². The highest BCUT2D eigenvalue weighted by Gasteiger charge is 2.27. The van der Waals surface area contributed by atoms with E-state index in [1.54, 1.807) is 19.5 Å². The predicted molar refractivity (Wildman–Crippen MR) is 114 cm³/mol. The SMILES string of the molecule is CCCC(NC(=O)C(C)N1CCN(c2cncc(OC)n2)CC1)c1ccccc1. The number of amides is 1. The highest BCUT2D eigenvalue weighted by Crippen LogP contribution is 2.20. The molecule has 1 amide bonds.